The van der Waals surface area contributed by atoms with Crippen molar-refractivity contribution in [2.45, 2.75) is 20.0 Å². The van der Waals surface area contributed by atoms with E-state index in [1.165, 1.54) is 0 Å². The van der Waals surface area contributed by atoms with Gasteiger partial charge < -0.3 is 4.52 Å². The van der Waals surface area contributed by atoms with Crippen LogP contribution in [0.25, 0.3) is 0 Å². The standard InChI is InChI=1S/C13H15ClN2O/c1-10-7-12(15-17-10)9-16(2)8-11-5-3-4-6-13(11)14/h3-7H,8-9H2,1-2H3. The molecule has 0 saturated heterocycles. The second kappa shape index (κ2) is 5.34. The van der Waals surface area contributed by atoms with Crippen molar-refractivity contribution in [1.29, 1.82) is 0 Å². The smallest absolute Gasteiger partial charge is 0.133 e. The highest BCUT2D eigenvalue weighted by molar-refractivity contribution is 6.31. The number of hydrogen-bond acceptors (Lipinski definition) is 3. The minimum atomic E-state index is 0.753. The Hall–Kier alpha value is -1.32. The molecule has 4 heteroatoms. The van der Waals surface area contributed by atoms with Crippen LogP contribution in [-0.2, 0) is 13.1 Å². The third kappa shape index (κ3) is 3.32. The maximum atomic E-state index is 6.11. The molecular formula is C13H15ClN2O. The van der Waals surface area contributed by atoms with Crippen molar-refractivity contribution in [3.63, 3.8) is 0 Å². The van der Waals surface area contributed by atoms with Gasteiger partial charge in [-0.05, 0) is 25.6 Å². The van der Waals surface area contributed by atoms with Crippen LogP contribution in [0.2, 0.25) is 5.02 Å². The minimum absolute atomic E-state index is 0.753. The summed E-state index contributed by atoms with van der Waals surface area (Å²) in [6.07, 6.45) is 0. The predicted molar refractivity (Wildman–Crippen MR) is 67.9 cm³/mol. The highest BCUT2D eigenvalue weighted by Crippen LogP contribution is 2.17. The number of rotatable bonds is 4. The Kier molecular flexibility index (Phi) is 3.82. The van der Waals surface area contributed by atoms with Crippen molar-refractivity contribution in [3.05, 3.63) is 52.4 Å². The summed E-state index contributed by atoms with van der Waals surface area (Å²) in [7, 11) is 2.04. The summed E-state index contributed by atoms with van der Waals surface area (Å²) >= 11 is 6.11. The number of aromatic nitrogens is 1. The van der Waals surface area contributed by atoms with Gasteiger partial charge in [-0.2, -0.15) is 0 Å². The molecule has 2 aromatic rings. The molecule has 0 spiro atoms. The molecule has 1 aromatic heterocycles. The average molecular weight is 251 g/mol. The quantitative estimate of drug-likeness (QED) is 0.834. The van der Waals surface area contributed by atoms with Gasteiger partial charge in [-0.25, -0.2) is 0 Å². The lowest BCUT2D eigenvalue weighted by Gasteiger charge is -2.15. The highest BCUT2D eigenvalue weighted by Gasteiger charge is 2.07. The summed E-state index contributed by atoms with van der Waals surface area (Å²) in [5.74, 6) is 0.839. The number of hydrogen-bond donors (Lipinski definition) is 0. The third-order valence-corrected chi connectivity index (χ3v) is 2.88. The molecule has 0 aliphatic rings. The minimum Gasteiger partial charge on any atom is -0.361 e. The van der Waals surface area contributed by atoms with Gasteiger partial charge in [0.25, 0.3) is 0 Å². The molecule has 0 bridgehead atoms. The summed E-state index contributed by atoms with van der Waals surface area (Å²) in [4.78, 5) is 2.15. The molecule has 0 aliphatic carbocycles. The molecule has 0 radical (unpaired) electrons. The number of nitrogens with zero attached hydrogens (tertiary/aromatic N) is 2. The number of aryl methyl sites for hydroxylation is 1. The first-order valence-corrected chi connectivity index (χ1v) is 5.87. The van der Waals surface area contributed by atoms with E-state index in [-0.39, 0.29) is 0 Å². The van der Waals surface area contributed by atoms with Gasteiger partial charge >= 0.3 is 0 Å². The summed E-state index contributed by atoms with van der Waals surface area (Å²) in [5, 5.41) is 4.77. The van der Waals surface area contributed by atoms with E-state index in [4.69, 9.17) is 16.1 Å². The van der Waals surface area contributed by atoms with Crippen molar-refractivity contribution in [2.75, 3.05) is 7.05 Å². The molecule has 0 unspecified atom stereocenters. The van der Waals surface area contributed by atoms with E-state index in [0.29, 0.717) is 0 Å². The molecule has 3 nitrogen and oxygen atoms in total. The van der Waals surface area contributed by atoms with Crippen LogP contribution in [0.4, 0.5) is 0 Å². The van der Waals surface area contributed by atoms with E-state index < -0.39 is 0 Å². The van der Waals surface area contributed by atoms with Crippen LogP contribution in [0.15, 0.2) is 34.9 Å². The molecule has 17 heavy (non-hydrogen) atoms. The van der Waals surface area contributed by atoms with Crippen LogP contribution in [0.5, 0.6) is 0 Å². The largest absolute Gasteiger partial charge is 0.361 e. The molecule has 0 atom stereocenters. The Morgan fingerprint density at radius 3 is 2.71 bits per heavy atom. The molecule has 0 amide bonds. The molecule has 0 aliphatic heterocycles. The fourth-order valence-electron chi connectivity index (χ4n) is 1.74. The lowest BCUT2D eigenvalue weighted by molar-refractivity contribution is 0.302. The first-order valence-electron chi connectivity index (χ1n) is 5.49. The molecule has 0 fully saturated rings. The Bertz CT molecular complexity index is 496. The van der Waals surface area contributed by atoms with Crippen molar-refractivity contribution in [1.82, 2.24) is 10.1 Å². The van der Waals surface area contributed by atoms with Gasteiger partial charge in [-0.3, -0.25) is 4.90 Å². The SMILES string of the molecule is Cc1cc(CN(C)Cc2ccccc2Cl)no1. The van der Waals surface area contributed by atoms with Crippen LogP contribution in [-0.4, -0.2) is 17.1 Å². The van der Waals surface area contributed by atoms with E-state index in [1.807, 2.05) is 44.3 Å². The zero-order chi connectivity index (χ0) is 12.3. The molecule has 0 saturated carbocycles. The molecule has 1 aromatic carbocycles. The Balaban J connectivity index is 1.98. The lowest BCUT2D eigenvalue weighted by Crippen LogP contribution is -2.17. The van der Waals surface area contributed by atoms with E-state index in [2.05, 4.69) is 10.1 Å². The van der Waals surface area contributed by atoms with Crippen LogP contribution in [0.3, 0.4) is 0 Å². The highest BCUT2D eigenvalue weighted by atomic mass is 35.5. The topological polar surface area (TPSA) is 29.3 Å². The van der Waals surface area contributed by atoms with Crippen LogP contribution < -0.4 is 0 Å². The maximum Gasteiger partial charge on any atom is 0.133 e. The van der Waals surface area contributed by atoms with Gasteiger partial charge in [0, 0.05) is 24.2 Å². The van der Waals surface area contributed by atoms with Gasteiger partial charge in [0.05, 0.1) is 5.69 Å². The van der Waals surface area contributed by atoms with Gasteiger partial charge in [-0.1, -0.05) is 35.0 Å². The zero-order valence-corrected chi connectivity index (χ0v) is 10.7. The summed E-state index contributed by atoms with van der Waals surface area (Å²) in [5.41, 5.74) is 2.06. The lowest BCUT2D eigenvalue weighted by atomic mass is 10.2. The van der Waals surface area contributed by atoms with Crippen molar-refractivity contribution < 1.29 is 4.52 Å². The first-order chi connectivity index (χ1) is 8.15. The van der Waals surface area contributed by atoms with Crippen LogP contribution in [0.1, 0.15) is 17.0 Å². The molecule has 1 heterocycles. The second-order valence-electron chi connectivity index (χ2n) is 4.19. The average Bonchev–Trinajstić information content (AvgIpc) is 2.67. The monoisotopic (exact) mass is 250 g/mol. The normalized spacial score (nSPS) is 11.1. The van der Waals surface area contributed by atoms with Gasteiger partial charge in [0.15, 0.2) is 0 Å². The van der Waals surface area contributed by atoms with E-state index in [9.17, 15) is 0 Å². The third-order valence-electron chi connectivity index (χ3n) is 2.51. The maximum absolute atomic E-state index is 6.11. The van der Waals surface area contributed by atoms with Crippen molar-refractivity contribution >= 4 is 11.6 Å². The summed E-state index contributed by atoms with van der Waals surface area (Å²) in [6, 6.07) is 9.82. The summed E-state index contributed by atoms with van der Waals surface area (Å²) < 4.78 is 5.04. The van der Waals surface area contributed by atoms with Gasteiger partial charge in [-0.15, -0.1) is 0 Å². The van der Waals surface area contributed by atoms with Gasteiger partial charge in [0.1, 0.15) is 5.76 Å². The van der Waals surface area contributed by atoms with Crippen molar-refractivity contribution in [3.8, 4) is 0 Å². The van der Waals surface area contributed by atoms with Crippen LogP contribution >= 0.6 is 11.6 Å². The van der Waals surface area contributed by atoms with E-state index in [1.54, 1.807) is 0 Å². The van der Waals surface area contributed by atoms with Crippen molar-refractivity contribution in [2.24, 2.45) is 0 Å². The van der Waals surface area contributed by atoms with Crippen LogP contribution in [0, 0.1) is 6.92 Å². The fourth-order valence-corrected chi connectivity index (χ4v) is 1.94. The Morgan fingerprint density at radius 1 is 1.29 bits per heavy atom. The first kappa shape index (κ1) is 12.1. The molecule has 90 valence electrons. The Morgan fingerprint density at radius 2 is 2.06 bits per heavy atom. The Labute approximate surface area is 106 Å². The fraction of sp³-hybridized carbons (Fsp3) is 0.308. The molecule has 0 N–H and O–H groups in total. The number of halogens is 1. The number of benzene rings is 1. The predicted octanol–water partition coefficient (Wildman–Crippen LogP) is 3.27. The van der Waals surface area contributed by atoms with E-state index in [0.717, 1.165) is 35.1 Å². The molecular weight excluding hydrogens is 236 g/mol. The summed E-state index contributed by atoms with van der Waals surface area (Å²) in [6.45, 7) is 3.44. The van der Waals surface area contributed by atoms with E-state index >= 15 is 0 Å². The van der Waals surface area contributed by atoms with Gasteiger partial charge in [0.2, 0.25) is 0 Å². The molecule has 2 rings (SSSR count). The zero-order valence-electron chi connectivity index (χ0n) is 9.98. The second-order valence-corrected chi connectivity index (χ2v) is 4.60.